The Hall–Kier alpha value is -1.54. The van der Waals surface area contributed by atoms with E-state index in [0.29, 0.717) is 0 Å². The van der Waals surface area contributed by atoms with Gasteiger partial charge >= 0.3 is 0 Å². The molecule has 1 atom stereocenters. The van der Waals surface area contributed by atoms with Crippen molar-refractivity contribution in [1.29, 1.82) is 0 Å². The molecule has 7 heteroatoms. The Bertz CT molecular complexity index is 766. The Morgan fingerprint density at radius 3 is 3.09 bits per heavy atom. The third kappa shape index (κ3) is 3.37. The first kappa shape index (κ1) is 15.0. The van der Waals surface area contributed by atoms with Crippen molar-refractivity contribution in [2.75, 3.05) is 19.7 Å². The molecule has 0 spiro atoms. The SMILES string of the molecule is Cc1ccc(-c2nc(CN3CCO[C@H](c4nccs4)C3)cs2)o1. The van der Waals surface area contributed by atoms with Crippen molar-refractivity contribution in [3.8, 4) is 10.8 Å². The fourth-order valence-electron chi connectivity index (χ4n) is 2.66. The normalized spacial score (nSPS) is 19.3. The molecule has 0 unspecified atom stereocenters. The molecule has 1 fully saturated rings. The van der Waals surface area contributed by atoms with E-state index in [1.54, 1.807) is 22.7 Å². The summed E-state index contributed by atoms with van der Waals surface area (Å²) in [6.45, 7) is 5.30. The maximum Gasteiger partial charge on any atom is 0.162 e. The summed E-state index contributed by atoms with van der Waals surface area (Å²) in [5, 5.41) is 6.11. The number of rotatable bonds is 4. The zero-order valence-corrected chi connectivity index (χ0v) is 14.4. The van der Waals surface area contributed by atoms with E-state index in [4.69, 9.17) is 14.1 Å². The smallest absolute Gasteiger partial charge is 0.162 e. The maximum atomic E-state index is 5.84. The molecule has 1 aliphatic heterocycles. The van der Waals surface area contributed by atoms with Crippen molar-refractivity contribution in [2.24, 2.45) is 0 Å². The molecule has 0 saturated carbocycles. The third-order valence-electron chi connectivity index (χ3n) is 3.77. The topological polar surface area (TPSA) is 51.4 Å². The Morgan fingerprint density at radius 1 is 1.35 bits per heavy atom. The van der Waals surface area contributed by atoms with Crippen LogP contribution in [-0.2, 0) is 11.3 Å². The lowest BCUT2D eigenvalue weighted by Crippen LogP contribution is -2.37. The number of aryl methyl sites for hydroxylation is 1. The number of furan rings is 1. The Kier molecular flexibility index (Phi) is 4.26. The molecular formula is C16H17N3O2S2. The molecule has 1 aliphatic rings. The molecule has 0 radical (unpaired) electrons. The van der Waals surface area contributed by atoms with Gasteiger partial charge < -0.3 is 9.15 Å². The predicted octanol–water partition coefficient (Wildman–Crippen LogP) is 3.74. The van der Waals surface area contributed by atoms with E-state index in [0.717, 1.165) is 53.5 Å². The van der Waals surface area contributed by atoms with E-state index in [1.807, 2.05) is 30.6 Å². The molecule has 3 aromatic rings. The van der Waals surface area contributed by atoms with E-state index >= 15 is 0 Å². The van der Waals surface area contributed by atoms with Gasteiger partial charge in [0, 0.05) is 36.6 Å². The average molecular weight is 347 g/mol. The minimum atomic E-state index is 0.0783. The van der Waals surface area contributed by atoms with Gasteiger partial charge in [0.2, 0.25) is 0 Å². The van der Waals surface area contributed by atoms with Crippen molar-refractivity contribution in [1.82, 2.24) is 14.9 Å². The summed E-state index contributed by atoms with van der Waals surface area (Å²) in [4.78, 5) is 11.5. The second-order valence-electron chi connectivity index (χ2n) is 5.52. The van der Waals surface area contributed by atoms with Gasteiger partial charge in [-0.3, -0.25) is 4.90 Å². The summed E-state index contributed by atoms with van der Waals surface area (Å²) in [6.07, 6.45) is 1.91. The van der Waals surface area contributed by atoms with E-state index in [-0.39, 0.29) is 6.10 Å². The molecule has 0 aromatic carbocycles. The van der Waals surface area contributed by atoms with Gasteiger partial charge in [-0.1, -0.05) is 0 Å². The van der Waals surface area contributed by atoms with Gasteiger partial charge in [-0.05, 0) is 19.1 Å². The van der Waals surface area contributed by atoms with Gasteiger partial charge in [0.25, 0.3) is 0 Å². The first-order valence-corrected chi connectivity index (χ1v) is 9.28. The minimum Gasteiger partial charge on any atom is -0.459 e. The highest BCUT2D eigenvalue weighted by atomic mass is 32.1. The Balaban J connectivity index is 1.43. The lowest BCUT2D eigenvalue weighted by atomic mass is 10.2. The van der Waals surface area contributed by atoms with Crippen LogP contribution in [0.5, 0.6) is 0 Å². The monoisotopic (exact) mass is 347 g/mol. The second kappa shape index (κ2) is 6.52. The average Bonchev–Trinajstić information content (AvgIpc) is 3.28. The molecule has 4 rings (SSSR count). The van der Waals surface area contributed by atoms with Crippen LogP contribution in [0.25, 0.3) is 10.8 Å². The van der Waals surface area contributed by atoms with Gasteiger partial charge in [-0.2, -0.15) is 0 Å². The van der Waals surface area contributed by atoms with Crippen LogP contribution in [-0.4, -0.2) is 34.6 Å². The number of hydrogen-bond donors (Lipinski definition) is 0. The first-order chi connectivity index (χ1) is 11.3. The number of hydrogen-bond acceptors (Lipinski definition) is 7. The molecule has 0 bridgehead atoms. The van der Waals surface area contributed by atoms with Crippen LogP contribution in [0, 0.1) is 6.92 Å². The van der Waals surface area contributed by atoms with Crippen molar-refractivity contribution in [3.63, 3.8) is 0 Å². The molecule has 23 heavy (non-hydrogen) atoms. The van der Waals surface area contributed by atoms with Gasteiger partial charge in [-0.25, -0.2) is 9.97 Å². The quantitative estimate of drug-likeness (QED) is 0.719. The number of thiazole rings is 2. The van der Waals surface area contributed by atoms with E-state index in [1.165, 1.54) is 0 Å². The summed E-state index contributed by atoms with van der Waals surface area (Å²) in [7, 11) is 0. The lowest BCUT2D eigenvalue weighted by Gasteiger charge is -2.31. The molecule has 1 saturated heterocycles. The fraction of sp³-hybridized carbons (Fsp3) is 0.375. The second-order valence-corrected chi connectivity index (χ2v) is 7.30. The van der Waals surface area contributed by atoms with Crippen LogP contribution in [0.4, 0.5) is 0 Å². The summed E-state index contributed by atoms with van der Waals surface area (Å²) >= 11 is 3.28. The van der Waals surface area contributed by atoms with Crippen LogP contribution in [0.15, 0.2) is 33.5 Å². The van der Waals surface area contributed by atoms with Gasteiger partial charge in [0.05, 0.1) is 12.3 Å². The zero-order valence-electron chi connectivity index (χ0n) is 12.8. The fourth-order valence-corrected chi connectivity index (χ4v) is 4.11. The Morgan fingerprint density at radius 2 is 2.30 bits per heavy atom. The van der Waals surface area contributed by atoms with Crippen molar-refractivity contribution in [2.45, 2.75) is 19.6 Å². The van der Waals surface area contributed by atoms with Crippen molar-refractivity contribution < 1.29 is 9.15 Å². The molecule has 3 aromatic heterocycles. The molecule has 5 nitrogen and oxygen atoms in total. The maximum absolute atomic E-state index is 5.84. The van der Waals surface area contributed by atoms with Crippen LogP contribution in [0.3, 0.4) is 0 Å². The molecule has 120 valence electrons. The first-order valence-electron chi connectivity index (χ1n) is 7.52. The predicted molar refractivity (Wildman–Crippen MR) is 90.6 cm³/mol. The molecule has 0 amide bonds. The minimum absolute atomic E-state index is 0.0783. The highest BCUT2D eigenvalue weighted by Crippen LogP contribution is 2.28. The summed E-state index contributed by atoms with van der Waals surface area (Å²) in [5.41, 5.74) is 1.08. The van der Waals surface area contributed by atoms with Crippen LogP contribution in [0.2, 0.25) is 0 Å². The number of morpholine rings is 1. The molecular weight excluding hydrogens is 330 g/mol. The standard InChI is InChI=1S/C16H17N3O2S2/c1-11-2-3-13(21-11)16-18-12(10-23-16)8-19-5-6-20-14(9-19)15-17-4-7-22-15/h2-4,7,10,14H,5-6,8-9H2,1H3/t14-/m0/s1. The molecule has 4 heterocycles. The van der Waals surface area contributed by atoms with Gasteiger partial charge in [0.15, 0.2) is 10.8 Å². The Labute approximate surface area is 142 Å². The summed E-state index contributed by atoms with van der Waals surface area (Å²) < 4.78 is 11.5. The number of aromatic nitrogens is 2. The van der Waals surface area contributed by atoms with Crippen LogP contribution >= 0.6 is 22.7 Å². The number of nitrogens with zero attached hydrogens (tertiary/aromatic N) is 3. The van der Waals surface area contributed by atoms with E-state index < -0.39 is 0 Å². The van der Waals surface area contributed by atoms with Crippen molar-refractivity contribution >= 4 is 22.7 Å². The van der Waals surface area contributed by atoms with Gasteiger partial charge in [-0.15, -0.1) is 22.7 Å². The van der Waals surface area contributed by atoms with Crippen LogP contribution < -0.4 is 0 Å². The van der Waals surface area contributed by atoms with E-state index in [9.17, 15) is 0 Å². The largest absolute Gasteiger partial charge is 0.459 e. The highest BCUT2D eigenvalue weighted by molar-refractivity contribution is 7.13. The number of ether oxygens (including phenoxy) is 1. The van der Waals surface area contributed by atoms with Crippen molar-refractivity contribution in [3.05, 3.63) is 45.6 Å². The van der Waals surface area contributed by atoms with Crippen LogP contribution in [0.1, 0.15) is 22.6 Å². The van der Waals surface area contributed by atoms with Gasteiger partial charge in [0.1, 0.15) is 16.9 Å². The summed E-state index contributed by atoms with van der Waals surface area (Å²) in [6, 6.07) is 3.95. The highest BCUT2D eigenvalue weighted by Gasteiger charge is 2.24. The lowest BCUT2D eigenvalue weighted by molar-refractivity contribution is -0.0333. The van der Waals surface area contributed by atoms with E-state index in [2.05, 4.69) is 15.3 Å². The molecule has 0 aliphatic carbocycles. The molecule has 0 N–H and O–H groups in total. The zero-order chi connectivity index (χ0) is 15.6. The third-order valence-corrected chi connectivity index (χ3v) is 5.54. The summed E-state index contributed by atoms with van der Waals surface area (Å²) in [5.74, 6) is 1.76.